The van der Waals surface area contributed by atoms with Gasteiger partial charge in [0.1, 0.15) is 0 Å². The molecule has 2 nitrogen and oxygen atoms in total. The Kier molecular flexibility index (Phi) is 7.67. The van der Waals surface area contributed by atoms with Crippen molar-refractivity contribution in [2.24, 2.45) is 0 Å². The zero-order valence-electron chi connectivity index (χ0n) is 7.10. The van der Waals surface area contributed by atoms with Gasteiger partial charge in [0.25, 0.3) is 0 Å². The maximum absolute atomic E-state index is 5.45. The largest absolute Gasteiger partial charge is 0.394 e. The zero-order valence-corrected chi connectivity index (χ0v) is 10.4. The molecule has 0 radical (unpaired) electrons. The summed E-state index contributed by atoms with van der Waals surface area (Å²) in [5.74, 6) is 0. The van der Waals surface area contributed by atoms with Crippen LogP contribution in [0, 0.1) is 0 Å². The molecule has 0 aliphatic heterocycles. The molecule has 0 aromatic heterocycles. The minimum atomic E-state index is -1.53. The summed E-state index contributed by atoms with van der Waals surface area (Å²) < 4.78 is 11.8. The summed E-state index contributed by atoms with van der Waals surface area (Å²) in [6, 6.07) is 0. The molecular weight excluding hydrogens is 271 g/mol. The van der Waals surface area contributed by atoms with Gasteiger partial charge in [0.2, 0.25) is 0 Å². The van der Waals surface area contributed by atoms with Gasteiger partial charge in [0, 0.05) is 17.6 Å². The Bertz CT molecular complexity index is 113. The van der Waals surface area contributed by atoms with Crippen molar-refractivity contribution in [3.05, 3.63) is 11.8 Å². The molecule has 0 atom stereocenters. The third-order valence-corrected chi connectivity index (χ3v) is 5.09. The standard InChI is InChI=1S/C7H15IO2Si/c1-4-9-11(10-5-2)7(3)6-8/h11H,3-6H2,1-2H3. The molecule has 0 saturated heterocycles. The van der Waals surface area contributed by atoms with Crippen LogP contribution in [0.2, 0.25) is 0 Å². The van der Waals surface area contributed by atoms with Gasteiger partial charge >= 0.3 is 9.28 Å². The molecular formula is C7H15IO2Si. The van der Waals surface area contributed by atoms with Crippen molar-refractivity contribution < 1.29 is 8.85 Å². The van der Waals surface area contributed by atoms with Crippen LogP contribution in [0.15, 0.2) is 11.8 Å². The average Bonchev–Trinajstić information content (AvgIpc) is 2.03. The van der Waals surface area contributed by atoms with Gasteiger partial charge in [0.15, 0.2) is 0 Å². The quantitative estimate of drug-likeness (QED) is 0.421. The van der Waals surface area contributed by atoms with Gasteiger partial charge in [-0.25, -0.2) is 0 Å². The molecule has 4 heteroatoms. The summed E-state index contributed by atoms with van der Waals surface area (Å²) in [5.41, 5.74) is 0. The maximum atomic E-state index is 5.45. The fourth-order valence-electron chi connectivity index (χ4n) is 0.650. The number of hydrogen-bond donors (Lipinski definition) is 0. The fraction of sp³-hybridized carbons (Fsp3) is 0.714. The van der Waals surface area contributed by atoms with E-state index in [4.69, 9.17) is 8.85 Å². The van der Waals surface area contributed by atoms with Gasteiger partial charge in [-0.3, -0.25) is 0 Å². The van der Waals surface area contributed by atoms with E-state index in [0.29, 0.717) is 0 Å². The summed E-state index contributed by atoms with van der Waals surface area (Å²) in [4.78, 5) is 0. The lowest BCUT2D eigenvalue weighted by atomic mass is 10.8. The summed E-state index contributed by atoms with van der Waals surface area (Å²) in [6.45, 7) is 9.34. The van der Waals surface area contributed by atoms with E-state index in [2.05, 4.69) is 29.2 Å². The predicted octanol–water partition coefficient (Wildman–Crippen LogP) is 1.81. The van der Waals surface area contributed by atoms with Crippen molar-refractivity contribution in [3.63, 3.8) is 0 Å². The molecule has 0 bridgehead atoms. The molecule has 0 fully saturated rings. The third kappa shape index (κ3) is 4.94. The molecule has 0 aromatic carbocycles. The Balaban J connectivity index is 3.76. The van der Waals surface area contributed by atoms with Gasteiger partial charge in [-0.05, 0) is 19.0 Å². The smallest absolute Gasteiger partial charge is 0.351 e. The molecule has 0 aliphatic carbocycles. The van der Waals surface area contributed by atoms with Crippen molar-refractivity contribution in [2.75, 3.05) is 17.6 Å². The topological polar surface area (TPSA) is 18.5 Å². The van der Waals surface area contributed by atoms with Gasteiger partial charge in [-0.2, -0.15) is 0 Å². The van der Waals surface area contributed by atoms with E-state index >= 15 is 0 Å². The van der Waals surface area contributed by atoms with Gasteiger partial charge in [-0.1, -0.05) is 29.2 Å². The van der Waals surface area contributed by atoms with E-state index in [9.17, 15) is 0 Å². The first-order valence-corrected chi connectivity index (χ1v) is 6.77. The first-order chi connectivity index (χ1) is 5.26. The van der Waals surface area contributed by atoms with Crippen molar-refractivity contribution in [2.45, 2.75) is 13.8 Å². The van der Waals surface area contributed by atoms with E-state index < -0.39 is 9.28 Å². The molecule has 0 amide bonds. The summed E-state index contributed by atoms with van der Waals surface area (Å²) in [6.07, 6.45) is 0. The van der Waals surface area contributed by atoms with Crippen molar-refractivity contribution in [1.82, 2.24) is 0 Å². The van der Waals surface area contributed by atoms with Crippen LogP contribution in [-0.4, -0.2) is 26.9 Å². The lowest BCUT2D eigenvalue weighted by molar-refractivity contribution is 0.221. The van der Waals surface area contributed by atoms with Crippen molar-refractivity contribution >= 4 is 31.9 Å². The minimum absolute atomic E-state index is 0.729. The molecule has 0 spiro atoms. The van der Waals surface area contributed by atoms with Gasteiger partial charge in [0.05, 0.1) is 0 Å². The number of halogens is 1. The highest BCUT2D eigenvalue weighted by Gasteiger charge is 2.14. The lowest BCUT2D eigenvalue weighted by Crippen LogP contribution is -2.26. The third-order valence-electron chi connectivity index (χ3n) is 1.14. The SMILES string of the molecule is C=C(CI)[SiH](OCC)OCC. The molecule has 66 valence electrons. The van der Waals surface area contributed by atoms with E-state index in [-0.39, 0.29) is 0 Å². The van der Waals surface area contributed by atoms with Gasteiger partial charge in [-0.15, -0.1) is 0 Å². The summed E-state index contributed by atoms with van der Waals surface area (Å²) in [7, 11) is -1.53. The molecule has 0 N–H and O–H groups in total. The number of alkyl halides is 1. The van der Waals surface area contributed by atoms with Crippen LogP contribution in [-0.2, 0) is 8.85 Å². The highest BCUT2D eigenvalue weighted by molar-refractivity contribution is 14.1. The van der Waals surface area contributed by atoms with Crippen LogP contribution in [0.3, 0.4) is 0 Å². The Morgan fingerprint density at radius 1 is 1.36 bits per heavy atom. The lowest BCUT2D eigenvalue weighted by Gasteiger charge is -2.15. The Morgan fingerprint density at radius 2 is 1.82 bits per heavy atom. The van der Waals surface area contributed by atoms with Crippen LogP contribution in [0.1, 0.15) is 13.8 Å². The number of hydrogen-bond acceptors (Lipinski definition) is 2. The van der Waals surface area contributed by atoms with Crippen LogP contribution in [0.5, 0.6) is 0 Å². The van der Waals surface area contributed by atoms with Crippen LogP contribution >= 0.6 is 22.6 Å². The Morgan fingerprint density at radius 3 is 2.09 bits per heavy atom. The second-order valence-electron chi connectivity index (χ2n) is 2.03. The maximum Gasteiger partial charge on any atom is 0.351 e. The second-order valence-corrected chi connectivity index (χ2v) is 4.94. The molecule has 0 saturated carbocycles. The monoisotopic (exact) mass is 286 g/mol. The van der Waals surface area contributed by atoms with E-state index in [0.717, 1.165) is 22.8 Å². The molecule has 0 rings (SSSR count). The van der Waals surface area contributed by atoms with Crippen LogP contribution in [0.25, 0.3) is 0 Å². The predicted molar refractivity (Wildman–Crippen MR) is 58.4 cm³/mol. The highest BCUT2D eigenvalue weighted by Crippen LogP contribution is 2.05. The van der Waals surface area contributed by atoms with E-state index in [1.807, 2.05) is 13.8 Å². The molecule has 0 aliphatic rings. The minimum Gasteiger partial charge on any atom is -0.394 e. The van der Waals surface area contributed by atoms with Crippen molar-refractivity contribution in [1.29, 1.82) is 0 Å². The molecule has 0 heterocycles. The van der Waals surface area contributed by atoms with Crippen LogP contribution < -0.4 is 0 Å². The normalized spacial score (nSPS) is 10.5. The van der Waals surface area contributed by atoms with E-state index in [1.165, 1.54) is 0 Å². The molecule has 0 unspecified atom stereocenters. The Hall–Kier alpha value is 0.607. The molecule has 0 aromatic rings. The average molecular weight is 286 g/mol. The summed E-state index contributed by atoms with van der Waals surface area (Å²) >= 11 is 2.28. The highest BCUT2D eigenvalue weighted by atomic mass is 127. The summed E-state index contributed by atoms with van der Waals surface area (Å²) in [5, 5.41) is 1.13. The first kappa shape index (κ1) is 11.6. The number of allylic oxidation sites excluding steroid dienone is 1. The molecule has 11 heavy (non-hydrogen) atoms. The first-order valence-electron chi connectivity index (χ1n) is 3.73. The number of rotatable bonds is 6. The van der Waals surface area contributed by atoms with Crippen LogP contribution in [0.4, 0.5) is 0 Å². The van der Waals surface area contributed by atoms with Crippen molar-refractivity contribution in [3.8, 4) is 0 Å². The fourth-order valence-corrected chi connectivity index (χ4v) is 3.03. The van der Waals surface area contributed by atoms with Gasteiger partial charge < -0.3 is 8.85 Å². The second kappa shape index (κ2) is 7.27. The van der Waals surface area contributed by atoms with E-state index in [1.54, 1.807) is 0 Å². The zero-order chi connectivity index (χ0) is 8.69. The Labute approximate surface area is 84.0 Å².